The van der Waals surface area contributed by atoms with Crippen LogP contribution in [0.5, 0.6) is 0 Å². The Morgan fingerprint density at radius 2 is 2.41 bits per heavy atom. The van der Waals surface area contributed by atoms with E-state index < -0.39 is 5.97 Å². The Bertz CT molecular complexity index is 521. The molecule has 0 saturated carbocycles. The number of carbonyl (C=O) groups is 1. The summed E-state index contributed by atoms with van der Waals surface area (Å²) in [5, 5.41) is 12.0. The van der Waals surface area contributed by atoms with Crippen LogP contribution >= 0.6 is 0 Å². The fourth-order valence-electron chi connectivity index (χ4n) is 1.61. The van der Waals surface area contributed by atoms with E-state index in [0.29, 0.717) is 18.5 Å². The molecule has 0 bridgehead atoms. The first-order valence-corrected chi connectivity index (χ1v) is 5.50. The maximum absolute atomic E-state index is 10.9. The number of hydrogen-bond acceptors (Lipinski definition) is 4. The first-order valence-electron chi connectivity index (χ1n) is 5.50. The zero-order valence-corrected chi connectivity index (χ0v) is 9.51. The minimum atomic E-state index is -0.777. The minimum Gasteiger partial charge on any atom is -0.481 e. The maximum Gasteiger partial charge on any atom is 0.308 e. The standard InChI is InChI=1S/C12H14N2O3/c1-2-8(12(15)16)6-13-9-3-4-10-11(5-9)17-7-14-10/h3-5,7-8,13H,2,6H2,1H3,(H,15,16). The van der Waals surface area contributed by atoms with E-state index in [9.17, 15) is 4.79 Å². The summed E-state index contributed by atoms with van der Waals surface area (Å²) >= 11 is 0. The van der Waals surface area contributed by atoms with Crippen molar-refractivity contribution in [1.82, 2.24) is 4.98 Å². The van der Waals surface area contributed by atoms with E-state index in [4.69, 9.17) is 9.52 Å². The Balaban J connectivity index is 2.05. The van der Waals surface area contributed by atoms with Crippen LogP contribution in [-0.4, -0.2) is 22.6 Å². The normalized spacial score (nSPS) is 12.5. The Morgan fingerprint density at radius 3 is 3.12 bits per heavy atom. The van der Waals surface area contributed by atoms with Crippen LogP contribution in [0.15, 0.2) is 29.0 Å². The van der Waals surface area contributed by atoms with E-state index in [1.54, 1.807) is 0 Å². The molecule has 1 aromatic carbocycles. The van der Waals surface area contributed by atoms with Crippen molar-refractivity contribution in [3.05, 3.63) is 24.6 Å². The van der Waals surface area contributed by atoms with Crippen LogP contribution in [0.25, 0.3) is 11.1 Å². The molecule has 0 spiro atoms. The van der Waals surface area contributed by atoms with E-state index in [1.165, 1.54) is 6.39 Å². The molecule has 0 radical (unpaired) electrons. The Labute approximate surface area is 98.5 Å². The molecule has 0 saturated heterocycles. The molecule has 5 nitrogen and oxygen atoms in total. The highest BCUT2D eigenvalue weighted by Crippen LogP contribution is 2.18. The van der Waals surface area contributed by atoms with E-state index in [2.05, 4.69) is 10.3 Å². The molecule has 0 aliphatic heterocycles. The molecule has 2 rings (SSSR count). The monoisotopic (exact) mass is 234 g/mol. The van der Waals surface area contributed by atoms with Gasteiger partial charge >= 0.3 is 5.97 Å². The molecule has 2 aromatic rings. The first-order chi connectivity index (χ1) is 8.20. The van der Waals surface area contributed by atoms with Crippen molar-refractivity contribution in [2.24, 2.45) is 5.92 Å². The van der Waals surface area contributed by atoms with Gasteiger partial charge in [-0.2, -0.15) is 0 Å². The second-order valence-electron chi connectivity index (χ2n) is 3.86. The van der Waals surface area contributed by atoms with Gasteiger partial charge in [0, 0.05) is 18.3 Å². The molecule has 1 atom stereocenters. The van der Waals surface area contributed by atoms with Crippen molar-refractivity contribution >= 4 is 22.8 Å². The van der Waals surface area contributed by atoms with Gasteiger partial charge in [0.15, 0.2) is 12.0 Å². The van der Waals surface area contributed by atoms with Crippen LogP contribution in [0.1, 0.15) is 13.3 Å². The molecule has 0 fully saturated rings. The van der Waals surface area contributed by atoms with Gasteiger partial charge in [-0.05, 0) is 18.6 Å². The van der Waals surface area contributed by atoms with Gasteiger partial charge in [0.25, 0.3) is 0 Å². The lowest BCUT2D eigenvalue weighted by Crippen LogP contribution is -2.21. The smallest absolute Gasteiger partial charge is 0.308 e. The summed E-state index contributed by atoms with van der Waals surface area (Å²) in [4.78, 5) is 14.9. The number of carboxylic acid groups (broad SMARTS) is 1. The predicted molar refractivity (Wildman–Crippen MR) is 63.9 cm³/mol. The topological polar surface area (TPSA) is 75.4 Å². The number of benzene rings is 1. The second-order valence-corrected chi connectivity index (χ2v) is 3.86. The number of aromatic nitrogens is 1. The number of aliphatic carboxylic acids is 1. The fraction of sp³-hybridized carbons (Fsp3) is 0.333. The van der Waals surface area contributed by atoms with Crippen LogP contribution in [0.2, 0.25) is 0 Å². The minimum absolute atomic E-state index is 0.375. The van der Waals surface area contributed by atoms with Gasteiger partial charge < -0.3 is 14.8 Å². The average molecular weight is 234 g/mol. The number of carboxylic acids is 1. The van der Waals surface area contributed by atoms with Crippen LogP contribution < -0.4 is 5.32 Å². The molecule has 90 valence electrons. The zero-order valence-electron chi connectivity index (χ0n) is 9.51. The quantitative estimate of drug-likeness (QED) is 0.830. The molecule has 2 N–H and O–H groups in total. The number of rotatable bonds is 5. The average Bonchev–Trinajstić information content (AvgIpc) is 2.76. The van der Waals surface area contributed by atoms with Gasteiger partial charge in [0.2, 0.25) is 0 Å². The van der Waals surface area contributed by atoms with E-state index in [1.807, 2.05) is 25.1 Å². The molecule has 0 aliphatic rings. The molecular weight excluding hydrogens is 220 g/mol. The van der Waals surface area contributed by atoms with Gasteiger partial charge in [0.1, 0.15) is 5.52 Å². The summed E-state index contributed by atoms with van der Waals surface area (Å²) in [6.07, 6.45) is 1.99. The molecule has 17 heavy (non-hydrogen) atoms. The molecule has 0 amide bonds. The van der Waals surface area contributed by atoms with Gasteiger partial charge in [0.05, 0.1) is 5.92 Å². The summed E-state index contributed by atoms with van der Waals surface area (Å²) in [7, 11) is 0. The summed E-state index contributed by atoms with van der Waals surface area (Å²) in [5.74, 6) is -1.15. The number of anilines is 1. The second kappa shape index (κ2) is 4.86. The maximum atomic E-state index is 10.9. The van der Waals surface area contributed by atoms with Crippen molar-refractivity contribution in [2.45, 2.75) is 13.3 Å². The Morgan fingerprint density at radius 1 is 1.59 bits per heavy atom. The zero-order chi connectivity index (χ0) is 12.3. The molecule has 1 unspecified atom stereocenters. The Kier molecular flexibility index (Phi) is 3.27. The van der Waals surface area contributed by atoms with Gasteiger partial charge in [-0.1, -0.05) is 6.92 Å². The number of oxazole rings is 1. The van der Waals surface area contributed by atoms with Crippen molar-refractivity contribution in [1.29, 1.82) is 0 Å². The third-order valence-electron chi connectivity index (χ3n) is 2.73. The SMILES string of the molecule is CCC(CNc1ccc2ncoc2c1)C(=O)O. The lowest BCUT2D eigenvalue weighted by Gasteiger charge is -2.11. The summed E-state index contributed by atoms with van der Waals surface area (Å²) in [6.45, 7) is 2.27. The number of hydrogen-bond donors (Lipinski definition) is 2. The van der Waals surface area contributed by atoms with Gasteiger partial charge in [-0.3, -0.25) is 4.79 Å². The highest BCUT2D eigenvalue weighted by atomic mass is 16.4. The Hall–Kier alpha value is -2.04. The highest BCUT2D eigenvalue weighted by Gasteiger charge is 2.14. The molecule has 1 aromatic heterocycles. The summed E-state index contributed by atoms with van der Waals surface area (Å²) in [6, 6.07) is 5.51. The summed E-state index contributed by atoms with van der Waals surface area (Å²) < 4.78 is 5.17. The lowest BCUT2D eigenvalue weighted by atomic mass is 10.1. The molecular formula is C12H14N2O3. The van der Waals surface area contributed by atoms with Crippen molar-refractivity contribution in [3.8, 4) is 0 Å². The first kappa shape index (κ1) is 11.4. The largest absolute Gasteiger partial charge is 0.481 e. The third kappa shape index (κ3) is 2.55. The van der Waals surface area contributed by atoms with E-state index >= 15 is 0 Å². The van der Waals surface area contributed by atoms with Crippen LogP contribution in [0.3, 0.4) is 0 Å². The van der Waals surface area contributed by atoms with Gasteiger partial charge in [-0.25, -0.2) is 4.98 Å². The van der Waals surface area contributed by atoms with Crippen LogP contribution in [0, 0.1) is 5.92 Å². The summed E-state index contributed by atoms with van der Waals surface area (Å²) in [5.41, 5.74) is 2.33. The predicted octanol–water partition coefficient (Wildman–Crippen LogP) is 2.35. The molecule has 1 heterocycles. The van der Waals surface area contributed by atoms with E-state index in [0.717, 1.165) is 11.2 Å². The lowest BCUT2D eigenvalue weighted by molar-refractivity contribution is -0.141. The molecule has 5 heteroatoms. The third-order valence-corrected chi connectivity index (χ3v) is 2.73. The van der Waals surface area contributed by atoms with Crippen molar-refractivity contribution < 1.29 is 14.3 Å². The fourth-order valence-corrected chi connectivity index (χ4v) is 1.61. The number of fused-ring (bicyclic) bond motifs is 1. The highest BCUT2D eigenvalue weighted by molar-refractivity contribution is 5.77. The molecule has 0 aliphatic carbocycles. The van der Waals surface area contributed by atoms with Crippen LogP contribution in [0.4, 0.5) is 5.69 Å². The number of nitrogens with zero attached hydrogens (tertiary/aromatic N) is 1. The van der Waals surface area contributed by atoms with Crippen molar-refractivity contribution in [3.63, 3.8) is 0 Å². The van der Waals surface area contributed by atoms with Gasteiger partial charge in [-0.15, -0.1) is 0 Å². The van der Waals surface area contributed by atoms with Crippen molar-refractivity contribution in [2.75, 3.05) is 11.9 Å². The number of nitrogens with one attached hydrogen (secondary N) is 1. The van der Waals surface area contributed by atoms with E-state index in [-0.39, 0.29) is 5.92 Å². The van der Waals surface area contributed by atoms with Crippen LogP contribution in [-0.2, 0) is 4.79 Å².